The van der Waals surface area contributed by atoms with Crippen molar-refractivity contribution in [3.63, 3.8) is 0 Å². The van der Waals surface area contributed by atoms with Gasteiger partial charge in [0.2, 0.25) is 0 Å². The van der Waals surface area contributed by atoms with E-state index in [1.54, 1.807) is 23.1 Å². The molecule has 1 amide bonds. The maximum Gasteiger partial charge on any atom is 0.348 e. The molecule has 2 aromatic heterocycles. The van der Waals surface area contributed by atoms with E-state index in [1.807, 2.05) is 0 Å². The molecule has 0 bridgehead atoms. The summed E-state index contributed by atoms with van der Waals surface area (Å²) in [6.45, 7) is 1.18. The molecule has 4 rings (SSSR count). The first kappa shape index (κ1) is 18.0. The molecule has 0 spiro atoms. The van der Waals surface area contributed by atoms with Crippen LogP contribution in [0.2, 0.25) is 0 Å². The Morgan fingerprint density at radius 1 is 1.21 bits per heavy atom. The normalized spacial score (nSPS) is 15.0. The van der Waals surface area contributed by atoms with Gasteiger partial charge >= 0.3 is 5.69 Å². The average Bonchev–Trinajstić information content (AvgIpc) is 3.09. The summed E-state index contributed by atoms with van der Waals surface area (Å²) >= 11 is 0. The molecule has 0 unspecified atom stereocenters. The van der Waals surface area contributed by atoms with Gasteiger partial charge < -0.3 is 4.90 Å². The van der Waals surface area contributed by atoms with E-state index in [-0.39, 0.29) is 17.5 Å². The Hall–Kier alpha value is -3.36. The van der Waals surface area contributed by atoms with Crippen LogP contribution >= 0.6 is 0 Å². The van der Waals surface area contributed by atoms with Gasteiger partial charge in [0.05, 0.1) is 11.9 Å². The number of hydrogen-bond acceptors (Lipinski definition) is 5. The third kappa shape index (κ3) is 3.55. The van der Waals surface area contributed by atoms with E-state index in [4.69, 9.17) is 0 Å². The van der Waals surface area contributed by atoms with Crippen LogP contribution < -0.4 is 5.69 Å². The molecular formula is C19H19FN6O2. The summed E-state index contributed by atoms with van der Waals surface area (Å²) in [5.74, 6) is 0.131. The first-order valence-corrected chi connectivity index (χ1v) is 9.10. The average molecular weight is 382 g/mol. The highest BCUT2D eigenvalue weighted by Crippen LogP contribution is 2.23. The number of piperidine rings is 1. The van der Waals surface area contributed by atoms with E-state index < -0.39 is 11.5 Å². The van der Waals surface area contributed by atoms with Crippen molar-refractivity contribution in [3.8, 4) is 5.69 Å². The summed E-state index contributed by atoms with van der Waals surface area (Å²) in [6, 6.07) is 6.12. The van der Waals surface area contributed by atoms with Gasteiger partial charge in [0, 0.05) is 31.9 Å². The summed E-state index contributed by atoms with van der Waals surface area (Å²) in [5.41, 5.74) is 0.0588. The minimum atomic E-state index is -0.475. The number of rotatable bonds is 4. The Morgan fingerprint density at radius 3 is 2.71 bits per heavy atom. The fourth-order valence-electron chi connectivity index (χ4n) is 3.52. The van der Waals surface area contributed by atoms with Gasteiger partial charge in [-0.05, 0) is 30.9 Å². The SMILES string of the molecule is O=C(c1cnccn1)N1CCC(Cc2n[nH]c(=O)n2-c2ccccc2F)CC1. The second-order valence-electron chi connectivity index (χ2n) is 6.76. The molecule has 3 aromatic rings. The molecule has 1 saturated heterocycles. The zero-order valence-corrected chi connectivity index (χ0v) is 15.1. The molecule has 3 heterocycles. The van der Waals surface area contributed by atoms with E-state index in [1.165, 1.54) is 29.2 Å². The third-order valence-corrected chi connectivity index (χ3v) is 4.99. The van der Waals surface area contributed by atoms with Crippen molar-refractivity contribution in [2.24, 2.45) is 5.92 Å². The van der Waals surface area contributed by atoms with E-state index in [0.29, 0.717) is 31.0 Å². The number of nitrogens with one attached hydrogen (secondary N) is 1. The predicted molar refractivity (Wildman–Crippen MR) is 98.5 cm³/mol. The Labute approximate surface area is 160 Å². The number of aromatic nitrogens is 5. The Kier molecular flexibility index (Phi) is 4.96. The van der Waals surface area contributed by atoms with Crippen LogP contribution in [0.25, 0.3) is 5.69 Å². The zero-order valence-electron chi connectivity index (χ0n) is 15.1. The van der Waals surface area contributed by atoms with Crippen molar-refractivity contribution in [1.82, 2.24) is 29.6 Å². The topological polar surface area (TPSA) is 96.8 Å². The van der Waals surface area contributed by atoms with Crippen LogP contribution in [0, 0.1) is 11.7 Å². The van der Waals surface area contributed by atoms with Crippen molar-refractivity contribution < 1.29 is 9.18 Å². The summed E-state index contributed by atoms with van der Waals surface area (Å²) in [7, 11) is 0. The number of carbonyl (C=O) groups excluding carboxylic acids is 1. The van der Waals surface area contributed by atoms with Gasteiger partial charge in [0.15, 0.2) is 0 Å². The van der Waals surface area contributed by atoms with Crippen LogP contribution in [-0.4, -0.2) is 48.6 Å². The van der Waals surface area contributed by atoms with Crippen molar-refractivity contribution in [3.05, 3.63) is 70.7 Å². The molecule has 1 fully saturated rings. The molecule has 0 saturated carbocycles. The summed E-state index contributed by atoms with van der Waals surface area (Å²) in [4.78, 5) is 34.4. The number of likely N-dealkylation sites (tertiary alicyclic amines) is 1. The molecule has 1 aliphatic rings. The van der Waals surface area contributed by atoms with Crippen molar-refractivity contribution >= 4 is 5.91 Å². The fraction of sp³-hybridized carbons (Fsp3) is 0.316. The number of amides is 1. The molecule has 1 aliphatic heterocycles. The van der Waals surface area contributed by atoms with Gasteiger partial charge in [-0.25, -0.2) is 23.8 Å². The molecule has 0 atom stereocenters. The second kappa shape index (κ2) is 7.71. The molecule has 8 nitrogen and oxygen atoms in total. The van der Waals surface area contributed by atoms with Crippen LogP contribution in [0.15, 0.2) is 47.7 Å². The maximum atomic E-state index is 14.1. The van der Waals surface area contributed by atoms with Crippen LogP contribution in [0.3, 0.4) is 0 Å². The quantitative estimate of drug-likeness (QED) is 0.739. The van der Waals surface area contributed by atoms with E-state index in [0.717, 1.165) is 12.8 Å². The number of aromatic amines is 1. The summed E-state index contributed by atoms with van der Waals surface area (Å²) in [6.07, 6.45) is 6.56. The molecule has 9 heteroatoms. The highest BCUT2D eigenvalue weighted by atomic mass is 19.1. The number of nitrogens with zero attached hydrogens (tertiary/aromatic N) is 5. The lowest BCUT2D eigenvalue weighted by Crippen LogP contribution is -2.39. The molecule has 1 N–H and O–H groups in total. The highest BCUT2D eigenvalue weighted by Gasteiger charge is 2.26. The number of halogens is 1. The number of carbonyl (C=O) groups is 1. The van der Waals surface area contributed by atoms with Crippen molar-refractivity contribution in [2.45, 2.75) is 19.3 Å². The Balaban J connectivity index is 1.44. The lowest BCUT2D eigenvalue weighted by molar-refractivity contribution is 0.0683. The predicted octanol–water partition coefficient (Wildman–Crippen LogP) is 1.58. The molecular weight excluding hydrogens is 363 g/mol. The minimum Gasteiger partial charge on any atom is -0.337 e. The lowest BCUT2D eigenvalue weighted by atomic mass is 9.93. The zero-order chi connectivity index (χ0) is 19.5. The molecule has 0 radical (unpaired) electrons. The minimum absolute atomic E-state index is 0.130. The fourth-order valence-corrected chi connectivity index (χ4v) is 3.52. The monoisotopic (exact) mass is 382 g/mol. The number of H-pyrrole nitrogens is 1. The first-order chi connectivity index (χ1) is 13.6. The third-order valence-electron chi connectivity index (χ3n) is 4.99. The number of para-hydroxylation sites is 1. The van der Waals surface area contributed by atoms with Crippen LogP contribution in [0.1, 0.15) is 29.2 Å². The smallest absolute Gasteiger partial charge is 0.337 e. The lowest BCUT2D eigenvalue weighted by Gasteiger charge is -2.31. The van der Waals surface area contributed by atoms with E-state index in [9.17, 15) is 14.0 Å². The number of benzene rings is 1. The van der Waals surface area contributed by atoms with Crippen LogP contribution in [-0.2, 0) is 6.42 Å². The molecule has 1 aromatic carbocycles. The maximum absolute atomic E-state index is 14.1. The van der Waals surface area contributed by atoms with Crippen molar-refractivity contribution in [1.29, 1.82) is 0 Å². The van der Waals surface area contributed by atoms with Gasteiger partial charge in [-0.3, -0.25) is 9.78 Å². The molecule has 0 aliphatic carbocycles. The molecule has 28 heavy (non-hydrogen) atoms. The van der Waals surface area contributed by atoms with Gasteiger partial charge in [0.25, 0.3) is 5.91 Å². The number of hydrogen-bond donors (Lipinski definition) is 1. The Morgan fingerprint density at radius 2 is 2.00 bits per heavy atom. The van der Waals surface area contributed by atoms with Crippen LogP contribution in [0.5, 0.6) is 0 Å². The highest BCUT2D eigenvalue weighted by molar-refractivity contribution is 5.92. The standard InChI is InChI=1S/C19H19FN6O2/c20-14-3-1-2-4-16(14)26-17(23-24-19(26)28)11-13-5-9-25(10-6-13)18(27)15-12-21-7-8-22-15/h1-4,7-8,12-13H,5-6,9-11H2,(H,24,28). The van der Waals surface area contributed by atoms with Gasteiger partial charge in [-0.2, -0.15) is 5.10 Å². The van der Waals surface area contributed by atoms with Gasteiger partial charge in [-0.1, -0.05) is 12.1 Å². The molecule has 144 valence electrons. The second-order valence-corrected chi connectivity index (χ2v) is 6.76. The largest absolute Gasteiger partial charge is 0.348 e. The van der Waals surface area contributed by atoms with Gasteiger partial charge in [-0.15, -0.1) is 0 Å². The van der Waals surface area contributed by atoms with E-state index in [2.05, 4.69) is 20.2 Å². The van der Waals surface area contributed by atoms with Crippen molar-refractivity contribution in [2.75, 3.05) is 13.1 Å². The van der Waals surface area contributed by atoms with Gasteiger partial charge in [0.1, 0.15) is 17.3 Å². The van der Waals surface area contributed by atoms with E-state index >= 15 is 0 Å². The summed E-state index contributed by atoms with van der Waals surface area (Å²) < 4.78 is 15.4. The van der Waals surface area contributed by atoms with Crippen LogP contribution in [0.4, 0.5) is 4.39 Å². The summed E-state index contributed by atoms with van der Waals surface area (Å²) in [5, 5.41) is 6.50. The Bertz CT molecular complexity index is 1020. The first-order valence-electron chi connectivity index (χ1n) is 9.10.